The predicted octanol–water partition coefficient (Wildman–Crippen LogP) is 2.64. The summed E-state index contributed by atoms with van der Waals surface area (Å²) in [5.41, 5.74) is 0.750. The summed E-state index contributed by atoms with van der Waals surface area (Å²) in [6, 6.07) is 7.33. The van der Waals surface area contributed by atoms with E-state index in [4.69, 9.17) is 0 Å². The second-order valence-corrected chi connectivity index (χ2v) is 7.68. The maximum Gasteiger partial charge on any atom is 0.234 e. The van der Waals surface area contributed by atoms with Gasteiger partial charge in [-0.2, -0.15) is 0 Å². The quantitative estimate of drug-likeness (QED) is 0.889. The topological polar surface area (TPSA) is 35.6 Å². The Labute approximate surface area is 150 Å². The minimum absolute atomic E-state index is 0.133. The van der Waals surface area contributed by atoms with Crippen molar-refractivity contribution in [3.8, 4) is 0 Å². The van der Waals surface area contributed by atoms with E-state index in [9.17, 15) is 9.18 Å². The van der Waals surface area contributed by atoms with Gasteiger partial charge in [0.15, 0.2) is 0 Å². The Kier molecular flexibility index (Phi) is 6.43. The third kappa shape index (κ3) is 5.51. The standard InChI is InChI=1S/C20H30FN3O/c1-16-5-4-7-18(13-16)22-20(25)15-24-11-9-23(10-12-24)14-17-6-2-3-8-19(17)21/h2-3,6,8,16,18H,4-5,7,9-15H2,1H3,(H,22,25). The van der Waals surface area contributed by atoms with Crippen molar-refractivity contribution in [2.45, 2.75) is 45.2 Å². The molecule has 25 heavy (non-hydrogen) atoms. The van der Waals surface area contributed by atoms with Gasteiger partial charge in [-0.15, -0.1) is 0 Å². The molecule has 0 bridgehead atoms. The van der Waals surface area contributed by atoms with E-state index in [0.29, 0.717) is 19.1 Å². The van der Waals surface area contributed by atoms with Crippen LogP contribution < -0.4 is 5.32 Å². The van der Waals surface area contributed by atoms with E-state index in [2.05, 4.69) is 22.0 Å². The molecule has 3 rings (SSSR count). The zero-order valence-corrected chi connectivity index (χ0v) is 15.2. The molecule has 0 radical (unpaired) electrons. The lowest BCUT2D eigenvalue weighted by Crippen LogP contribution is -2.50. The minimum atomic E-state index is -0.133. The maximum absolute atomic E-state index is 13.8. The fraction of sp³-hybridized carbons (Fsp3) is 0.650. The van der Waals surface area contributed by atoms with Crippen LogP contribution in [0.3, 0.4) is 0 Å². The van der Waals surface area contributed by atoms with Crippen LogP contribution >= 0.6 is 0 Å². The fourth-order valence-corrected chi connectivity index (χ4v) is 4.01. The highest BCUT2D eigenvalue weighted by molar-refractivity contribution is 5.78. The number of nitrogens with zero attached hydrogens (tertiary/aromatic N) is 2. The molecule has 1 aliphatic carbocycles. The van der Waals surface area contributed by atoms with Crippen LogP contribution in [0.25, 0.3) is 0 Å². The average Bonchev–Trinajstić information content (AvgIpc) is 2.58. The van der Waals surface area contributed by atoms with Crippen LogP contribution in [-0.2, 0) is 11.3 Å². The highest BCUT2D eigenvalue weighted by Crippen LogP contribution is 2.23. The first kappa shape index (κ1) is 18.3. The number of hydrogen-bond donors (Lipinski definition) is 1. The van der Waals surface area contributed by atoms with Crippen molar-refractivity contribution < 1.29 is 9.18 Å². The molecule has 1 saturated heterocycles. The van der Waals surface area contributed by atoms with Crippen molar-refractivity contribution in [1.82, 2.24) is 15.1 Å². The third-order valence-corrected chi connectivity index (χ3v) is 5.49. The van der Waals surface area contributed by atoms with Crippen molar-refractivity contribution in [2.75, 3.05) is 32.7 Å². The Morgan fingerprint density at radius 2 is 1.88 bits per heavy atom. The molecule has 0 spiro atoms. The number of amides is 1. The van der Waals surface area contributed by atoms with Crippen LogP contribution in [0, 0.1) is 11.7 Å². The number of halogens is 1. The van der Waals surface area contributed by atoms with E-state index in [1.165, 1.54) is 18.9 Å². The summed E-state index contributed by atoms with van der Waals surface area (Å²) in [6.07, 6.45) is 4.74. The van der Waals surface area contributed by atoms with Gasteiger partial charge in [0.05, 0.1) is 6.54 Å². The first-order valence-corrected chi connectivity index (χ1v) is 9.57. The third-order valence-electron chi connectivity index (χ3n) is 5.49. The Bertz CT molecular complexity index is 572. The van der Waals surface area contributed by atoms with E-state index in [-0.39, 0.29) is 11.7 Å². The van der Waals surface area contributed by atoms with Gasteiger partial charge in [-0.1, -0.05) is 38.0 Å². The molecule has 1 aromatic rings. The number of rotatable bonds is 5. The molecule has 4 nitrogen and oxygen atoms in total. The Balaban J connectivity index is 1.39. The van der Waals surface area contributed by atoms with Gasteiger partial charge >= 0.3 is 0 Å². The molecule has 2 aliphatic rings. The Morgan fingerprint density at radius 3 is 2.60 bits per heavy atom. The molecule has 5 heteroatoms. The highest BCUT2D eigenvalue weighted by Gasteiger charge is 2.23. The number of hydrogen-bond acceptors (Lipinski definition) is 3. The highest BCUT2D eigenvalue weighted by atomic mass is 19.1. The second kappa shape index (κ2) is 8.77. The van der Waals surface area contributed by atoms with Gasteiger partial charge < -0.3 is 5.32 Å². The van der Waals surface area contributed by atoms with Gasteiger partial charge in [0.1, 0.15) is 5.82 Å². The summed E-state index contributed by atoms with van der Waals surface area (Å²) in [5, 5.41) is 3.21. The van der Waals surface area contributed by atoms with Crippen molar-refractivity contribution in [3.63, 3.8) is 0 Å². The average molecular weight is 347 g/mol. The molecule has 2 fully saturated rings. The molecule has 1 saturated carbocycles. The molecular formula is C20H30FN3O. The van der Waals surface area contributed by atoms with Crippen molar-refractivity contribution >= 4 is 5.91 Å². The molecule has 1 aromatic carbocycles. The Morgan fingerprint density at radius 1 is 1.16 bits per heavy atom. The summed E-state index contributed by atoms with van der Waals surface area (Å²) in [4.78, 5) is 16.8. The van der Waals surface area contributed by atoms with Crippen molar-refractivity contribution in [3.05, 3.63) is 35.6 Å². The lowest BCUT2D eigenvalue weighted by atomic mass is 9.87. The van der Waals surface area contributed by atoms with E-state index in [1.807, 2.05) is 12.1 Å². The first-order valence-electron chi connectivity index (χ1n) is 9.57. The van der Waals surface area contributed by atoms with Crippen LogP contribution in [-0.4, -0.2) is 54.5 Å². The number of piperazine rings is 1. The number of carbonyl (C=O) groups excluding carboxylic acids is 1. The maximum atomic E-state index is 13.8. The normalized spacial score (nSPS) is 25.7. The van der Waals surface area contributed by atoms with Gasteiger partial charge in [-0.25, -0.2) is 4.39 Å². The Hall–Kier alpha value is -1.46. The van der Waals surface area contributed by atoms with E-state index >= 15 is 0 Å². The lowest BCUT2D eigenvalue weighted by molar-refractivity contribution is -0.123. The summed E-state index contributed by atoms with van der Waals surface area (Å²) in [7, 11) is 0. The molecule has 1 N–H and O–H groups in total. The molecule has 138 valence electrons. The van der Waals surface area contributed by atoms with E-state index < -0.39 is 0 Å². The minimum Gasteiger partial charge on any atom is -0.352 e. The van der Waals surface area contributed by atoms with Gasteiger partial charge in [-0.05, 0) is 24.8 Å². The van der Waals surface area contributed by atoms with Gasteiger partial charge in [0.25, 0.3) is 0 Å². The summed E-state index contributed by atoms with van der Waals surface area (Å²) < 4.78 is 13.8. The largest absolute Gasteiger partial charge is 0.352 e. The van der Waals surface area contributed by atoms with Gasteiger partial charge in [0.2, 0.25) is 5.91 Å². The number of benzene rings is 1. The summed E-state index contributed by atoms with van der Waals surface area (Å²) in [5.74, 6) is 0.744. The van der Waals surface area contributed by atoms with Crippen LogP contribution in [0.15, 0.2) is 24.3 Å². The van der Waals surface area contributed by atoms with Crippen LogP contribution in [0.5, 0.6) is 0 Å². The molecule has 0 aromatic heterocycles. The summed E-state index contributed by atoms with van der Waals surface area (Å²) in [6.45, 7) is 6.88. The molecular weight excluding hydrogens is 317 g/mol. The first-order chi connectivity index (χ1) is 12.1. The van der Waals surface area contributed by atoms with Gasteiger partial charge in [0, 0.05) is 44.3 Å². The van der Waals surface area contributed by atoms with Crippen molar-refractivity contribution in [2.24, 2.45) is 5.92 Å². The molecule has 2 atom stereocenters. The molecule has 1 heterocycles. The molecule has 1 aliphatic heterocycles. The predicted molar refractivity (Wildman–Crippen MR) is 97.7 cm³/mol. The van der Waals surface area contributed by atoms with Gasteiger partial charge in [-0.3, -0.25) is 14.6 Å². The molecule has 1 amide bonds. The van der Waals surface area contributed by atoms with Crippen molar-refractivity contribution in [1.29, 1.82) is 0 Å². The summed E-state index contributed by atoms with van der Waals surface area (Å²) >= 11 is 0. The van der Waals surface area contributed by atoms with E-state index in [0.717, 1.165) is 50.5 Å². The zero-order chi connectivity index (χ0) is 17.6. The van der Waals surface area contributed by atoms with Crippen LogP contribution in [0.2, 0.25) is 0 Å². The fourth-order valence-electron chi connectivity index (χ4n) is 4.01. The number of nitrogens with one attached hydrogen (secondary N) is 1. The smallest absolute Gasteiger partial charge is 0.234 e. The van der Waals surface area contributed by atoms with Crippen LogP contribution in [0.4, 0.5) is 4.39 Å². The van der Waals surface area contributed by atoms with Crippen LogP contribution in [0.1, 0.15) is 38.2 Å². The zero-order valence-electron chi connectivity index (χ0n) is 15.2. The molecule has 2 unspecified atom stereocenters. The SMILES string of the molecule is CC1CCCC(NC(=O)CN2CCN(Cc3ccccc3F)CC2)C1. The monoisotopic (exact) mass is 347 g/mol. The second-order valence-electron chi connectivity index (χ2n) is 7.68. The number of carbonyl (C=O) groups is 1. The van der Waals surface area contributed by atoms with E-state index in [1.54, 1.807) is 6.07 Å². The lowest BCUT2D eigenvalue weighted by Gasteiger charge is -2.35.